The smallest absolute Gasteiger partial charge is 0.256 e. The predicted molar refractivity (Wildman–Crippen MR) is 66.6 cm³/mol. The van der Waals surface area contributed by atoms with Crippen molar-refractivity contribution in [3.8, 4) is 0 Å². The first kappa shape index (κ1) is 11.6. The second-order valence-corrected chi connectivity index (χ2v) is 4.05. The van der Waals surface area contributed by atoms with Crippen LogP contribution in [-0.2, 0) is 4.79 Å². The summed E-state index contributed by atoms with van der Waals surface area (Å²) in [4.78, 5) is 12.1. The molecule has 3 N–H and O–H groups in total. The van der Waals surface area contributed by atoms with Crippen LogP contribution in [0.4, 0.5) is 11.4 Å². The zero-order valence-electron chi connectivity index (χ0n) is 9.63. The molecule has 2 rings (SSSR count). The van der Waals surface area contributed by atoms with Crippen LogP contribution in [-0.4, -0.2) is 23.3 Å². The Kier molecular flexibility index (Phi) is 3.10. The van der Waals surface area contributed by atoms with Gasteiger partial charge in [0.15, 0.2) is 0 Å². The van der Waals surface area contributed by atoms with Crippen molar-refractivity contribution in [1.82, 2.24) is 0 Å². The Balaban J connectivity index is 2.24. The Bertz CT molecular complexity index is 453. The highest BCUT2D eigenvalue weighted by atomic mass is 16.3. The van der Waals surface area contributed by atoms with Crippen LogP contribution in [0.15, 0.2) is 29.4 Å². The Morgan fingerprint density at radius 2 is 2.06 bits per heavy atom. The van der Waals surface area contributed by atoms with Gasteiger partial charge in [-0.1, -0.05) is 0 Å². The number of hydrogen-bond donors (Lipinski definition) is 2. The number of nitrogens with two attached hydrogens (primary N) is 1. The van der Waals surface area contributed by atoms with Crippen LogP contribution in [0.1, 0.15) is 13.3 Å². The van der Waals surface area contributed by atoms with E-state index in [0.717, 1.165) is 5.71 Å². The Morgan fingerprint density at radius 1 is 1.41 bits per heavy atom. The van der Waals surface area contributed by atoms with E-state index < -0.39 is 0 Å². The van der Waals surface area contributed by atoms with Crippen LogP contribution in [0, 0.1) is 5.92 Å². The first-order valence-electron chi connectivity index (χ1n) is 5.49. The number of aliphatic hydroxyl groups is 1. The van der Waals surface area contributed by atoms with E-state index in [9.17, 15) is 4.79 Å². The summed E-state index contributed by atoms with van der Waals surface area (Å²) in [7, 11) is 0. The monoisotopic (exact) mass is 233 g/mol. The maximum absolute atomic E-state index is 12.1. The first-order chi connectivity index (χ1) is 8.13. The Labute approximate surface area is 99.5 Å². The van der Waals surface area contributed by atoms with Crippen LogP contribution in [0.3, 0.4) is 0 Å². The standard InChI is InChI=1S/C12H15N3O2/c1-8-11(6-7-16)12(17)15(14-8)10-4-2-9(13)3-5-10/h2-5,11,16H,6-7,13H2,1H3. The van der Waals surface area contributed by atoms with Crippen LogP contribution in [0.2, 0.25) is 0 Å². The van der Waals surface area contributed by atoms with Gasteiger partial charge in [0, 0.05) is 18.0 Å². The van der Waals surface area contributed by atoms with Gasteiger partial charge in [0.1, 0.15) is 0 Å². The molecule has 5 heteroatoms. The molecule has 17 heavy (non-hydrogen) atoms. The maximum Gasteiger partial charge on any atom is 0.256 e. The van der Waals surface area contributed by atoms with Gasteiger partial charge in [0.25, 0.3) is 5.91 Å². The third kappa shape index (κ3) is 2.14. The molecule has 0 fully saturated rings. The molecule has 1 aliphatic heterocycles. The molecule has 0 saturated heterocycles. The van der Waals surface area contributed by atoms with Crippen molar-refractivity contribution in [1.29, 1.82) is 0 Å². The molecule has 0 spiro atoms. The van der Waals surface area contributed by atoms with Crippen LogP contribution >= 0.6 is 0 Å². The maximum atomic E-state index is 12.1. The molecule has 0 aliphatic carbocycles. The number of carbonyl (C=O) groups excluding carboxylic acids is 1. The van der Waals surface area contributed by atoms with Crippen molar-refractivity contribution < 1.29 is 9.90 Å². The molecule has 1 unspecified atom stereocenters. The zero-order chi connectivity index (χ0) is 12.4. The molecular weight excluding hydrogens is 218 g/mol. The van der Waals surface area contributed by atoms with Crippen LogP contribution in [0.25, 0.3) is 0 Å². The van der Waals surface area contributed by atoms with Crippen molar-refractivity contribution in [3.63, 3.8) is 0 Å². The summed E-state index contributed by atoms with van der Waals surface area (Å²) in [5.41, 5.74) is 7.67. The minimum atomic E-state index is -0.308. The number of hydrazone groups is 1. The summed E-state index contributed by atoms with van der Waals surface area (Å²) in [6.07, 6.45) is 0.416. The van der Waals surface area contributed by atoms with E-state index in [2.05, 4.69) is 5.10 Å². The highest BCUT2D eigenvalue weighted by molar-refractivity contribution is 6.14. The number of nitrogen functional groups attached to an aromatic ring is 1. The molecule has 0 saturated carbocycles. The van der Waals surface area contributed by atoms with Crippen molar-refractivity contribution in [3.05, 3.63) is 24.3 Å². The molecule has 1 aromatic rings. The summed E-state index contributed by atoms with van der Waals surface area (Å²) in [6.45, 7) is 1.79. The largest absolute Gasteiger partial charge is 0.399 e. The van der Waals surface area contributed by atoms with E-state index in [1.54, 1.807) is 31.2 Å². The van der Waals surface area contributed by atoms with Crippen molar-refractivity contribution in [2.75, 3.05) is 17.3 Å². The molecule has 0 bridgehead atoms. The summed E-state index contributed by atoms with van der Waals surface area (Å²) >= 11 is 0. The van der Waals surface area contributed by atoms with E-state index in [4.69, 9.17) is 10.8 Å². The number of benzene rings is 1. The van der Waals surface area contributed by atoms with Gasteiger partial charge < -0.3 is 10.8 Å². The molecule has 1 aromatic carbocycles. The molecule has 1 aliphatic rings. The van der Waals surface area contributed by atoms with Gasteiger partial charge in [-0.3, -0.25) is 4.79 Å². The summed E-state index contributed by atoms with van der Waals surface area (Å²) in [5.74, 6) is -0.404. The number of carbonyl (C=O) groups is 1. The van der Waals surface area contributed by atoms with Gasteiger partial charge in [-0.25, -0.2) is 5.01 Å². The van der Waals surface area contributed by atoms with E-state index in [-0.39, 0.29) is 18.4 Å². The van der Waals surface area contributed by atoms with E-state index in [0.29, 0.717) is 17.8 Å². The normalized spacial score (nSPS) is 19.6. The fourth-order valence-corrected chi connectivity index (χ4v) is 1.86. The van der Waals surface area contributed by atoms with Gasteiger partial charge in [0.2, 0.25) is 0 Å². The SMILES string of the molecule is CC1=NN(c2ccc(N)cc2)C(=O)C1CCO. The second kappa shape index (κ2) is 4.55. The number of rotatable bonds is 3. The van der Waals surface area contributed by atoms with E-state index in [1.165, 1.54) is 5.01 Å². The molecule has 1 amide bonds. The first-order valence-corrected chi connectivity index (χ1v) is 5.49. The quantitative estimate of drug-likeness (QED) is 0.764. The van der Waals surface area contributed by atoms with E-state index >= 15 is 0 Å². The molecule has 0 aromatic heterocycles. The number of aliphatic hydroxyl groups excluding tert-OH is 1. The van der Waals surface area contributed by atoms with Crippen molar-refractivity contribution in [2.45, 2.75) is 13.3 Å². The van der Waals surface area contributed by atoms with Crippen LogP contribution in [0.5, 0.6) is 0 Å². The summed E-state index contributed by atoms with van der Waals surface area (Å²) in [5, 5.41) is 14.5. The van der Waals surface area contributed by atoms with Gasteiger partial charge in [-0.2, -0.15) is 5.10 Å². The number of amides is 1. The average Bonchev–Trinajstić information content (AvgIpc) is 2.59. The van der Waals surface area contributed by atoms with E-state index in [1.807, 2.05) is 0 Å². The fourth-order valence-electron chi connectivity index (χ4n) is 1.86. The highest BCUT2D eigenvalue weighted by Crippen LogP contribution is 2.25. The summed E-state index contributed by atoms with van der Waals surface area (Å²) < 4.78 is 0. The average molecular weight is 233 g/mol. The lowest BCUT2D eigenvalue weighted by Crippen LogP contribution is -2.27. The lowest BCUT2D eigenvalue weighted by atomic mass is 10.0. The lowest BCUT2D eigenvalue weighted by Gasteiger charge is -2.13. The zero-order valence-corrected chi connectivity index (χ0v) is 9.63. The van der Waals surface area contributed by atoms with Crippen LogP contribution < -0.4 is 10.7 Å². The molecule has 5 nitrogen and oxygen atoms in total. The number of hydrogen-bond acceptors (Lipinski definition) is 4. The van der Waals surface area contributed by atoms with Gasteiger partial charge in [-0.05, 0) is 37.6 Å². The lowest BCUT2D eigenvalue weighted by molar-refractivity contribution is -0.120. The number of anilines is 2. The fraction of sp³-hybridized carbons (Fsp3) is 0.333. The van der Waals surface area contributed by atoms with Gasteiger partial charge in [0.05, 0.1) is 11.6 Å². The third-order valence-electron chi connectivity index (χ3n) is 2.82. The Morgan fingerprint density at radius 3 is 2.65 bits per heavy atom. The third-order valence-corrected chi connectivity index (χ3v) is 2.82. The molecule has 1 heterocycles. The predicted octanol–water partition coefficient (Wildman–Crippen LogP) is 0.990. The number of nitrogens with zero attached hydrogens (tertiary/aromatic N) is 2. The van der Waals surface area contributed by atoms with Gasteiger partial charge in [-0.15, -0.1) is 0 Å². The molecule has 1 atom stereocenters. The second-order valence-electron chi connectivity index (χ2n) is 4.05. The molecule has 0 radical (unpaired) electrons. The molecular formula is C12H15N3O2. The van der Waals surface area contributed by atoms with Crippen molar-refractivity contribution in [2.24, 2.45) is 11.0 Å². The highest BCUT2D eigenvalue weighted by Gasteiger charge is 2.33. The van der Waals surface area contributed by atoms with Gasteiger partial charge >= 0.3 is 0 Å². The van der Waals surface area contributed by atoms with Crippen molar-refractivity contribution >= 4 is 23.0 Å². The summed E-state index contributed by atoms with van der Waals surface area (Å²) in [6, 6.07) is 6.97. The minimum Gasteiger partial charge on any atom is -0.399 e. The topological polar surface area (TPSA) is 78.9 Å². The minimum absolute atomic E-state index is 0.0150. The molecule has 90 valence electrons. The Hall–Kier alpha value is -1.88.